The zero-order chi connectivity index (χ0) is 21.0. The summed E-state index contributed by atoms with van der Waals surface area (Å²) in [6.45, 7) is 5.30. The summed E-state index contributed by atoms with van der Waals surface area (Å²) in [6, 6.07) is 4.94. The number of carbonyl (C=O) groups is 1. The normalized spacial score (nSPS) is 15.7. The summed E-state index contributed by atoms with van der Waals surface area (Å²) in [6.07, 6.45) is 1.70. The molecule has 29 heavy (non-hydrogen) atoms. The second-order valence-corrected chi connectivity index (χ2v) is 8.04. The van der Waals surface area contributed by atoms with Crippen molar-refractivity contribution >= 4 is 29.0 Å². The van der Waals surface area contributed by atoms with Crippen molar-refractivity contribution in [2.75, 3.05) is 33.4 Å². The molecule has 0 radical (unpaired) electrons. The Balaban J connectivity index is 1.63. The van der Waals surface area contributed by atoms with Crippen LogP contribution in [0.3, 0.4) is 0 Å². The number of aromatic nitrogens is 3. The molecule has 0 unspecified atom stereocenters. The number of ether oxygens (including phenoxy) is 1. The molecule has 158 valence electrons. The van der Waals surface area contributed by atoms with Crippen molar-refractivity contribution in [1.29, 1.82) is 0 Å². The predicted octanol–water partition coefficient (Wildman–Crippen LogP) is 3.08. The Morgan fingerprint density at radius 3 is 2.62 bits per heavy atom. The van der Waals surface area contributed by atoms with Crippen LogP contribution in [0.25, 0.3) is 0 Å². The summed E-state index contributed by atoms with van der Waals surface area (Å²) in [4.78, 5) is 27.3. The van der Waals surface area contributed by atoms with Crippen molar-refractivity contribution in [3.8, 4) is 0 Å². The molecule has 9 heteroatoms. The van der Waals surface area contributed by atoms with Crippen LogP contribution in [0.4, 0.5) is 0 Å². The van der Waals surface area contributed by atoms with Gasteiger partial charge in [-0.15, -0.1) is 0 Å². The van der Waals surface area contributed by atoms with Gasteiger partial charge in [-0.05, 0) is 51.1 Å². The minimum atomic E-state index is -0.0884. The monoisotopic (exact) mass is 440 g/mol. The van der Waals surface area contributed by atoms with E-state index in [1.54, 1.807) is 29.9 Å². The Morgan fingerprint density at radius 1 is 1.28 bits per heavy atom. The molecule has 1 aromatic carbocycles. The fourth-order valence-corrected chi connectivity index (χ4v) is 4.25. The van der Waals surface area contributed by atoms with E-state index in [9.17, 15) is 9.59 Å². The van der Waals surface area contributed by atoms with E-state index in [0.717, 1.165) is 31.8 Å². The quantitative estimate of drug-likeness (QED) is 0.589. The van der Waals surface area contributed by atoms with Crippen LogP contribution in [0.2, 0.25) is 10.0 Å². The van der Waals surface area contributed by atoms with E-state index in [-0.39, 0.29) is 17.4 Å². The van der Waals surface area contributed by atoms with Crippen LogP contribution in [0.1, 0.15) is 41.9 Å². The summed E-state index contributed by atoms with van der Waals surface area (Å²) in [5.41, 5.74) is 0.407. The van der Waals surface area contributed by atoms with Gasteiger partial charge in [-0.3, -0.25) is 14.3 Å². The molecule has 0 amide bonds. The van der Waals surface area contributed by atoms with E-state index >= 15 is 0 Å². The SMILES string of the molecule is CCn1c(C2CCN(CC(=O)c3ccc(Cl)cc3Cl)CC2)nn(CCOC)c1=O. The number of halogens is 2. The number of carbonyl (C=O) groups excluding carboxylic acids is 1. The second-order valence-electron chi connectivity index (χ2n) is 7.20. The third kappa shape index (κ3) is 5.09. The minimum absolute atomic E-state index is 0.0144. The number of ketones is 1. The molecule has 1 saturated heterocycles. The standard InChI is InChI=1S/C20H26Cl2N4O3/c1-3-25-19(23-26(20(25)28)10-11-29-2)14-6-8-24(9-7-14)13-18(27)16-5-4-15(21)12-17(16)22/h4-5,12,14H,3,6-11,13H2,1-2H3. The maximum atomic E-state index is 12.6. The largest absolute Gasteiger partial charge is 0.383 e. The Morgan fingerprint density at radius 2 is 2.00 bits per heavy atom. The van der Waals surface area contributed by atoms with E-state index < -0.39 is 0 Å². The predicted molar refractivity (Wildman–Crippen MR) is 113 cm³/mol. The number of rotatable bonds is 8. The highest BCUT2D eigenvalue weighted by atomic mass is 35.5. The zero-order valence-corrected chi connectivity index (χ0v) is 18.2. The molecular weight excluding hydrogens is 415 g/mol. The fourth-order valence-electron chi connectivity index (χ4n) is 3.73. The second kappa shape index (κ2) is 9.89. The van der Waals surface area contributed by atoms with Crippen LogP contribution >= 0.6 is 23.2 Å². The summed E-state index contributed by atoms with van der Waals surface area (Å²) < 4.78 is 8.30. The van der Waals surface area contributed by atoms with Crippen molar-refractivity contribution < 1.29 is 9.53 Å². The average Bonchev–Trinajstić information content (AvgIpc) is 3.02. The van der Waals surface area contributed by atoms with Crippen molar-refractivity contribution in [2.45, 2.75) is 38.8 Å². The Hall–Kier alpha value is -1.67. The number of benzene rings is 1. The number of piperidine rings is 1. The van der Waals surface area contributed by atoms with Gasteiger partial charge in [-0.25, -0.2) is 9.48 Å². The summed E-state index contributed by atoms with van der Waals surface area (Å²) >= 11 is 12.1. The highest BCUT2D eigenvalue weighted by Gasteiger charge is 2.27. The van der Waals surface area contributed by atoms with Gasteiger partial charge >= 0.3 is 5.69 Å². The Labute approximate surface area is 180 Å². The van der Waals surface area contributed by atoms with E-state index in [1.807, 2.05) is 6.92 Å². The Kier molecular flexibility index (Phi) is 7.51. The number of nitrogens with zero attached hydrogens (tertiary/aromatic N) is 4. The topological polar surface area (TPSA) is 69.4 Å². The van der Waals surface area contributed by atoms with E-state index in [2.05, 4.69) is 10.00 Å². The molecule has 0 saturated carbocycles. The van der Waals surface area contributed by atoms with Crippen molar-refractivity contribution in [3.63, 3.8) is 0 Å². The van der Waals surface area contributed by atoms with Gasteiger partial charge in [0.05, 0.1) is 24.7 Å². The molecular formula is C20H26Cl2N4O3. The molecule has 7 nitrogen and oxygen atoms in total. The lowest BCUT2D eigenvalue weighted by Crippen LogP contribution is -2.37. The zero-order valence-electron chi connectivity index (χ0n) is 16.7. The third-order valence-electron chi connectivity index (χ3n) is 5.33. The van der Waals surface area contributed by atoms with Crippen LogP contribution in [-0.4, -0.2) is 58.4 Å². The number of hydrogen-bond donors (Lipinski definition) is 0. The number of hydrogen-bond acceptors (Lipinski definition) is 5. The smallest absolute Gasteiger partial charge is 0.345 e. The molecule has 0 bridgehead atoms. The first-order valence-corrected chi connectivity index (χ1v) is 10.6. The van der Waals surface area contributed by atoms with Crippen LogP contribution in [0.5, 0.6) is 0 Å². The average molecular weight is 441 g/mol. The number of likely N-dealkylation sites (tertiary alicyclic amines) is 1. The fraction of sp³-hybridized carbons (Fsp3) is 0.550. The van der Waals surface area contributed by atoms with Crippen LogP contribution in [0, 0.1) is 0 Å². The molecule has 3 rings (SSSR count). The van der Waals surface area contributed by atoms with Crippen molar-refractivity contribution in [3.05, 3.63) is 50.1 Å². The summed E-state index contributed by atoms with van der Waals surface area (Å²) in [7, 11) is 1.61. The van der Waals surface area contributed by atoms with E-state index in [4.69, 9.17) is 27.9 Å². The first-order chi connectivity index (χ1) is 13.9. The molecule has 1 aliphatic rings. The van der Waals surface area contributed by atoms with Crippen molar-refractivity contribution in [2.24, 2.45) is 0 Å². The lowest BCUT2D eigenvalue weighted by Gasteiger charge is -2.31. The van der Waals surface area contributed by atoms with E-state index in [1.165, 1.54) is 4.68 Å². The molecule has 0 aliphatic carbocycles. The minimum Gasteiger partial charge on any atom is -0.383 e. The van der Waals surface area contributed by atoms with Gasteiger partial charge in [0.1, 0.15) is 5.82 Å². The summed E-state index contributed by atoms with van der Waals surface area (Å²) in [5, 5.41) is 5.46. The molecule has 1 aliphatic heterocycles. The van der Waals surface area contributed by atoms with Gasteiger partial charge in [0.2, 0.25) is 0 Å². The maximum absolute atomic E-state index is 12.6. The first-order valence-electron chi connectivity index (χ1n) is 9.81. The van der Waals surface area contributed by atoms with E-state index in [0.29, 0.717) is 41.8 Å². The maximum Gasteiger partial charge on any atom is 0.345 e. The van der Waals surface area contributed by atoms with Crippen LogP contribution in [0.15, 0.2) is 23.0 Å². The van der Waals surface area contributed by atoms with Gasteiger partial charge in [-0.2, -0.15) is 5.10 Å². The highest BCUT2D eigenvalue weighted by molar-refractivity contribution is 6.36. The van der Waals surface area contributed by atoms with Gasteiger partial charge in [0, 0.05) is 30.2 Å². The lowest BCUT2D eigenvalue weighted by molar-refractivity contribution is 0.0908. The molecule has 0 spiro atoms. The van der Waals surface area contributed by atoms with Gasteiger partial charge in [0.15, 0.2) is 5.78 Å². The molecule has 1 aromatic heterocycles. The highest BCUT2D eigenvalue weighted by Crippen LogP contribution is 2.27. The molecule has 2 heterocycles. The number of methoxy groups -OCH3 is 1. The third-order valence-corrected chi connectivity index (χ3v) is 5.87. The van der Waals surface area contributed by atoms with Gasteiger partial charge < -0.3 is 4.74 Å². The summed E-state index contributed by atoms with van der Waals surface area (Å²) in [5.74, 6) is 1.02. The molecule has 2 aromatic rings. The van der Waals surface area contributed by atoms with Crippen LogP contribution in [-0.2, 0) is 17.8 Å². The van der Waals surface area contributed by atoms with Gasteiger partial charge in [-0.1, -0.05) is 23.2 Å². The molecule has 1 fully saturated rings. The van der Waals surface area contributed by atoms with Crippen molar-refractivity contribution in [1.82, 2.24) is 19.2 Å². The van der Waals surface area contributed by atoms with Crippen LogP contribution < -0.4 is 5.69 Å². The molecule has 0 atom stereocenters. The Bertz CT molecular complexity index is 917. The number of Topliss-reactive ketones (excluding diaryl/α,β-unsaturated/α-hetero) is 1. The first kappa shape index (κ1) is 22.0. The lowest BCUT2D eigenvalue weighted by atomic mass is 9.95. The molecule has 0 N–H and O–H groups in total. The van der Waals surface area contributed by atoms with Gasteiger partial charge in [0.25, 0.3) is 0 Å².